The fourth-order valence-electron chi connectivity index (χ4n) is 2.67. The highest BCUT2D eigenvalue weighted by atomic mass is 16.5. The maximum atomic E-state index is 12.1. The van der Waals surface area contributed by atoms with Gasteiger partial charge in [0.25, 0.3) is 0 Å². The van der Waals surface area contributed by atoms with Crippen LogP contribution in [0, 0.1) is 0 Å². The molecule has 0 atom stereocenters. The van der Waals surface area contributed by atoms with Crippen LogP contribution in [-0.2, 0) is 13.5 Å². The standard InChI is InChI=1S/C17H19NO3/c1-17(2)10-12-6-4-8-15(16(12)21-17)20-11-14(19)13-7-5-9-18(13)3/h4-9H,10-11H2,1-3H3. The van der Waals surface area contributed by atoms with Gasteiger partial charge >= 0.3 is 0 Å². The van der Waals surface area contributed by atoms with E-state index in [-0.39, 0.29) is 18.0 Å². The van der Waals surface area contributed by atoms with Crippen LogP contribution in [0.1, 0.15) is 29.9 Å². The lowest BCUT2D eigenvalue weighted by molar-refractivity contribution is 0.0904. The minimum absolute atomic E-state index is 0.0120. The van der Waals surface area contributed by atoms with E-state index in [0.29, 0.717) is 11.4 Å². The van der Waals surface area contributed by atoms with Gasteiger partial charge < -0.3 is 14.0 Å². The first kappa shape index (κ1) is 13.7. The number of Topliss-reactive ketones (excluding diaryl/α,β-unsaturated/α-hetero) is 1. The Kier molecular flexibility index (Phi) is 3.24. The second-order valence-corrected chi connectivity index (χ2v) is 6.00. The molecule has 0 saturated heterocycles. The van der Waals surface area contributed by atoms with Crippen molar-refractivity contribution in [2.24, 2.45) is 7.05 Å². The summed E-state index contributed by atoms with van der Waals surface area (Å²) in [7, 11) is 1.85. The van der Waals surface area contributed by atoms with Crippen LogP contribution in [0.4, 0.5) is 0 Å². The Bertz CT molecular complexity index is 685. The predicted molar refractivity (Wildman–Crippen MR) is 80.1 cm³/mol. The second-order valence-electron chi connectivity index (χ2n) is 6.00. The molecule has 21 heavy (non-hydrogen) atoms. The fourth-order valence-corrected chi connectivity index (χ4v) is 2.67. The summed E-state index contributed by atoms with van der Waals surface area (Å²) in [6, 6.07) is 9.46. The summed E-state index contributed by atoms with van der Waals surface area (Å²) in [5, 5.41) is 0. The smallest absolute Gasteiger partial charge is 0.216 e. The molecule has 110 valence electrons. The first-order valence-corrected chi connectivity index (χ1v) is 7.04. The van der Waals surface area contributed by atoms with E-state index in [0.717, 1.165) is 17.7 Å². The van der Waals surface area contributed by atoms with Gasteiger partial charge in [0.2, 0.25) is 5.78 Å². The average Bonchev–Trinajstić information content (AvgIpc) is 2.97. The van der Waals surface area contributed by atoms with Crippen molar-refractivity contribution < 1.29 is 14.3 Å². The van der Waals surface area contributed by atoms with Crippen LogP contribution >= 0.6 is 0 Å². The van der Waals surface area contributed by atoms with Gasteiger partial charge in [0.1, 0.15) is 5.60 Å². The molecule has 0 fully saturated rings. The summed E-state index contributed by atoms with van der Waals surface area (Å²) in [5.41, 5.74) is 1.55. The number of nitrogens with zero attached hydrogens (tertiary/aromatic N) is 1. The molecular weight excluding hydrogens is 266 g/mol. The molecule has 4 heteroatoms. The quantitative estimate of drug-likeness (QED) is 0.811. The van der Waals surface area contributed by atoms with Gasteiger partial charge in [-0.05, 0) is 32.0 Å². The average molecular weight is 285 g/mol. The molecule has 1 aromatic carbocycles. The molecule has 0 radical (unpaired) electrons. The number of carbonyl (C=O) groups is 1. The molecule has 0 saturated carbocycles. The van der Waals surface area contributed by atoms with E-state index >= 15 is 0 Å². The van der Waals surface area contributed by atoms with Crippen LogP contribution in [0.25, 0.3) is 0 Å². The lowest BCUT2D eigenvalue weighted by Crippen LogP contribution is -2.24. The molecule has 0 spiro atoms. The topological polar surface area (TPSA) is 40.5 Å². The molecule has 2 aromatic rings. The number of hydrogen-bond acceptors (Lipinski definition) is 3. The Hall–Kier alpha value is -2.23. The lowest BCUT2D eigenvalue weighted by Gasteiger charge is -2.18. The molecule has 4 nitrogen and oxygen atoms in total. The van der Waals surface area contributed by atoms with Gasteiger partial charge in [0.15, 0.2) is 18.1 Å². The number of aromatic nitrogens is 1. The SMILES string of the molecule is Cn1cccc1C(=O)COc1cccc2c1OC(C)(C)C2. The third-order valence-corrected chi connectivity index (χ3v) is 3.64. The van der Waals surface area contributed by atoms with Crippen molar-refractivity contribution in [1.29, 1.82) is 0 Å². The molecule has 0 unspecified atom stereocenters. The molecular formula is C17H19NO3. The van der Waals surface area contributed by atoms with Crippen LogP contribution in [-0.4, -0.2) is 22.6 Å². The molecule has 0 bridgehead atoms. The van der Waals surface area contributed by atoms with Crippen molar-refractivity contribution in [2.45, 2.75) is 25.9 Å². The minimum Gasteiger partial charge on any atom is -0.483 e. The van der Waals surface area contributed by atoms with E-state index in [9.17, 15) is 4.79 Å². The number of fused-ring (bicyclic) bond motifs is 1. The van der Waals surface area contributed by atoms with E-state index in [2.05, 4.69) is 0 Å². The van der Waals surface area contributed by atoms with Gasteiger partial charge in [-0.1, -0.05) is 12.1 Å². The first-order valence-electron chi connectivity index (χ1n) is 7.04. The maximum Gasteiger partial charge on any atom is 0.216 e. The number of carbonyl (C=O) groups excluding carboxylic acids is 1. The number of hydrogen-bond donors (Lipinski definition) is 0. The normalized spacial score (nSPS) is 15.4. The van der Waals surface area contributed by atoms with E-state index in [4.69, 9.17) is 9.47 Å². The lowest BCUT2D eigenvalue weighted by atomic mass is 10.0. The Morgan fingerprint density at radius 1 is 1.33 bits per heavy atom. The number of para-hydroxylation sites is 1. The Morgan fingerprint density at radius 2 is 2.14 bits per heavy atom. The van der Waals surface area contributed by atoms with Crippen molar-refractivity contribution in [3.63, 3.8) is 0 Å². The zero-order valence-corrected chi connectivity index (χ0v) is 12.6. The van der Waals surface area contributed by atoms with Gasteiger partial charge in [-0.2, -0.15) is 0 Å². The van der Waals surface area contributed by atoms with Gasteiger partial charge in [-0.3, -0.25) is 4.79 Å². The zero-order valence-electron chi connectivity index (χ0n) is 12.6. The monoisotopic (exact) mass is 285 g/mol. The summed E-state index contributed by atoms with van der Waals surface area (Å²) in [6.45, 7) is 4.11. The van der Waals surface area contributed by atoms with E-state index < -0.39 is 0 Å². The third-order valence-electron chi connectivity index (χ3n) is 3.64. The van der Waals surface area contributed by atoms with Crippen LogP contribution in [0.3, 0.4) is 0 Å². The number of ketones is 1. The summed E-state index contributed by atoms with van der Waals surface area (Å²) < 4.78 is 13.4. The fraction of sp³-hybridized carbons (Fsp3) is 0.353. The van der Waals surface area contributed by atoms with Crippen LogP contribution in [0.5, 0.6) is 11.5 Å². The highest BCUT2D eigenvalue weighted by Gasteiger charge is 2.32. The molecule has 1 aliphatic heterocycles. The number of rotatable bonds is 4. The van der Waals surface area contributed by atoms with Gasteiger partial charge in [-0.25, -0.2) is 0 Å². The second kappa shape index (κ2) is 4.95. The van der Waals surface area contributed by atoms with Crippen LogP contribution < -0.4 is 9.47 Å². The Morgan fingerprint density at radius 3 is 2.86 bits per heavy atom. The van der Waals surface area contributed by atoms with Crippen LogP contribution in [0.15, 0.2) is 36.5 Å². The Labute approximate surface area is 124 Å². The first-order chi connectivity index (χ1) is 9.96. The maximum absolute atomic E-state index is 12.1. The Balaban J connectivity index is 1.75. The number of ether oxygens (including phenoxy) is 2. The summed E-state index contributed by atoms with van der Waals surface area (Å²) in [5.74, 6) is 1.36. The zero-order chi connectivity index (χ0) is 15.0. The van der Waals surface area contributed by atoms with Crippen molar-refractivity contribution in [1.82, 2.24) is 4.57 Å². The molecule has 0 N–H and O–H groups in total. The van der Waals surface area contributed by atoms with Gasteiger partial charge in [0, 0.05) is 25.2 Å². The van der Waals surface area contributed by atoms with Gasteiger partial charge in [0.05, 0.1) is 5.69 Å². The molecule has 2 heterocycles. The van der Waals surface area contributed by atoms with Crippen LogP contribution in [0.2, 0.25) is 0 Å². The van der Waals surface area contributed by atoms with Crippen molar-refractivity contribution in [3.8, 4) is 11.5 Å². The van der Waals surface area contributed by atoms with Gasteiger partial charge in [-0.15, -0.1) is 0 Å². The number of benzene rings is 1. The molecule has 1 aliphatic rings. The highest BCUT2D eigenvalue weighted by Crippen LogP contribution is 2.41. The van der Waals surface area contributed by atoms with Crippen molar-refractivity contribution in [2.75, 3.05) is 6.61 Å². The summed E-state index contributed by atoms with van der Waals surface area (Å²) >= 11 is 0. The third kappa shape index (κ3) is 2.66. The van der Waals surface area contributed by atoms with E-state index in [1.54, 1.807) is 10.6 Å². The predicted octanol–water partition coefficient (Wildman–Crippen LogP) is 3.00. The van der Waals surface area contributed by atoms with E-state index in [1.165, 1.54) is 0 Å². The van der Waals surface area contributed by atoms with Crippen molar-refractivity contribution >= 4 is 5.78 Å². The van der Waals surface area contributed by atoms with Crippen molar-refractivity contribution in [3.05, 3.63) is 47.8 Å². The molecule has 3 rings (SSSR count). The van der Waals surface area contributed by atoms with E-state index in [1.807, 2.05) is 51.4 Å². The molecule has 0 amide bonds. The summed E-state index contributed by atoms with van der Waals surface area (Å²) in [6.07, 6.45) is 2.70. The number of aryl methyl sites for hydroxylation is 1. The molecule has 0 aliphatic carbocycles. The highest BCUT2D eigenvalue weighted by molar-refractivity contribution is 5.95. The summed E-state index contributed by atoms with van der Waals surface area (Å²) in [4.78, 5) is 12.1. The largest absolute Gasteiger partial charge is 0.483 e. The minimum atomic E-state index is -0.218. The molecule has 1 aromatic heterocycles.